The first kappa shape index (κ1) is 16.6. The van der Waals surface area contributed by atoms with Crippen molar-refractivity contribution in [1.29, 1.82) is 0 Å². The van der Waals surface area contributed by atoms with E-state index in [1.807, 2.05) is 6.08 Å². The Bertz CT molecular complexity index is 151. The number of nitrogens with one attached hydrogen (secondary N) is 1. The summed E-state index contributed by atoms with van der Waals surface area (Å²) in [5.41, 5.74) is 0. The molecule has 17 heavy (non-hydrogen) atoms. The van der Waals surface area contributed by atoms with E-state index >= 15 is 0 Å². The van der Waals surface area contributed by atoms with Crippen LogP contribution in [0.1, 0.15) is 38.5 Å². The van der Waals surface area contributed by atoms with Crippen LogP contribution in [0.15, 0.2) is 12.7 Å². The highest BCUT2D eigenvalue weighted by molar-refractivity contribution is 4.65. The molecule has 102 valence electrons. The molecule has 3 nitrogen and oxygen atoms in total. The number of hydrogen-bond donors (Lipinski definition) is 1. The normalized spacial score (nSPS) is 10.6. The Hall–Kier alpha value is -0.380. The summed E-state index contributed by atoms with van der Waals surface area (Å²) in [7, 11) is 1.70. The first-order valence-corrected chi connectivity index (χ1v) is 6.80. The molecule has 0 bridgehead atoms. The molecule has 0 aliphatic rings. The molecule has 0 aliphatic heterocycles. The molecule has 0 saturated heterocycles. The monoisotopic (exact) mass is 243 g/mol. The van der Waals surface area contributed by atoms with E-state index in [1.54, 1.807) is 7.11 Å². The summed E-state index contributed by atoms with van der Waals surface area (Å²) in [6.45, 7) is 8.23. The molecule has 0 aromatic rings. The van der Waals surface area contributed by atoms with Gasteiger partial charge >= 0.3 is 0 Å². The number of hydrogen-bond acceptors (Lipinski definition) is 3. The maximum absolute atomic E-state index is 5.38. The second kappa shape index (κ2) is 15.6. The van der Waals surface area contributed by atoms with Crippen molar-refractivity contribution in [2.24, 2.45) is 0 Å². The molecule has 0 aromatic heterocycles. The zero-order valence-corrected chi connectivity index (χ0v) is 11.4. The Morgan fingerprint density at radius 2 is 1.71 bits per heavy atom. The fourth-order valence-electron chi connectivity index (χ4n) is 1.54. The van der Waals surface area contributed by atoms with Crippen molar-refractivity contribution >= 4 is 0 Å². The maximum Gasteiger partial charge on any atom is 0.0700 e. The van der Waals surface area contributed by atoms with Crippen LogP contribution in [0.4, 0.5) is 0 Å². The smallest absolute Gasteiger partial charge is 0.0700 e. The Balaban J connectivity index is 2.87. The molecular formula is C14H29NO2. The summed E-state index contributed by atoms with van der Waals surface area (Å²) in [4.78, 5) is 0. The van der Waals surface area contributed by atoms with Gasteiger partial charge in [0.15, 0.2) is 0 Å². The van der Waals surface area contributed by atoms with Gasteiger partial charge in [-0.1, -0.05) is 12.5 Å². The summed E-state index contributed by atoms with van der Waals surface area (Å²) in [6.07, 6.45) is 9.33. The van der Waals surface area contributed by atoms with Gasteiger partial charge in [-0.15, -0.1) is 6.58 Å². The highest BCUT2D eigenvalue weighted by Gasteiger charge is 1.91. The largest absolute Gasteiger partial charge is 0.382 e. The fourth-order valence-corrected chi connectivity index (χ4v) is 1.54. The molecule has 3 heteroatoms. The van der Waals surface area contributed by atoms with Crippen LogP contribution >= 0.6 is 0 Å². The molecule has 0 saturated carbocycles. The molecule has 0 fully saturated rings. The van der Waals surface area contributed by atoms with Crippen molar-refractivity contribution in [3.05, 3.63) is 12.7 Å². The second-order valence-electron chi connectivity index (χ2n) is 4.20. The number of unbranched alkanes of at least 4 members (excludes halogenated alkanes) is 4. The predicted molar refractivity (Wildman–Crippen MR) is 73.5 cm³/mol. The number of rotatable bonds is 14. The van der Waals surface area contributed by atoms with Gasteiger partial charge in [0.2, 0.25) is 0 Å². The van der Waals surface area contributed by atoms with Crippen LogP contribution < -0.4 is 5.32 Å². The number of methoxy groups -OCH3 is 1. The molecule has 0 aliphatic carbocycles. The predicted octanol–water partition coefficient (Wildman–Crippen LogP) is 2.77. The average Bonchev–Trinajstić information content (AvgIpc) is 2.35. The van der Waals surface area contributed by atoms with Crippen LogP contribution in [0.5, 0.6) is 0 Å². The van der Waals surface area contributed by atoms with Gasteiger partial charge in [0.1, 0.15) is 0 Å². The SMILES string of the molecule is C=CCCCCCNCCCCOCCOC. The lowest BCUT2D eigenvalue weighted by molar-refractivity contribution is 0.0688. The van der Waals surface area contributed by atoms with Crippen LogP contribution in [-0.2, 0) is 9.47 Å². The second-order valence-corrected chi connectivity index (χ2v) is 4.20. The van der Waals surface area contributed by atoms with Crippen molar-refractivity contribution in [2.45, 2.75) is 38.5 Å². The van der Waals surface area contributed by atoms with Gasteiger partial charge in [-0.25, -0.2) is 0 Å². The Morgan fingerprint density at radius 1 is 0.941 bits per heavy atom. The summed E-state index contributed by atoms with van der Waals surface area (Å²) < 4.78 is 10.3. The highest BCUT2D eigenvalue weighted by Crippen LogP contribution is 1.98. The molecule has 0 aromatic carbocycles. The molecular weight excluding hydrogens is 214 g/mol. The van der Waals surface area contributed by atoms with Crippen molar-refractivity contribution in [3.63, 3.8) is 0 Å². The first-order chi connectivity index (χ1) is 8.41. The van der Waals surface area contributed by atoms with Crippen molar-refractivity contribution in [3.8, 4) is 0 Å². The highest BCUT2D eigenvalue weighted by atomic mass is 16.5. The van der Waals surface area contributed by atoms with Crippen molar-refractivity contribution in [2.75, 3.05) is 40.0 Å². The minimum absolute atomic E-state index is 0.697. The maximum atomic E-state index is 5.38. The number of allylic oxidation sites excluding steroid dienone is 1. The fraction of sp³-hybridized carbons (Fsp3) is 0.857. The third-order valence-corrected chi connectivity index (χ3v) is 2.59. The van der Waals surface area contributed by atoms with Gasteiger partial charge in [-0.2, -0.15) is 0 Å². The van der Waals surface area contributed by atoms with Crippen molar-refractivity contribution < 1.29 is 9.47 Å². The van der Waals surface area contributed by atoms with E-state index < -0.39 is 0 Å². The van der Waals surface area contributed by atoms with E-state index in [9.17, 15) is 0 Å². The van der Waals surface area contributed by atoms with Gasteiger partial charge in [0.05, 0.1) is 13.2 Å². The minimum atomic E-state index is 0.697. The summed E-state index contributed by atoms with van der Waals surface area (Å²) in [5.74, 6) is 0. The Morgan fingerprint density at radius 3 is 2.41 bits per heavy atom. The zero-order chi connectivity index (χ0) is 12.6. The molecule has 0 spiro atoms. The van der Waals surface area contributed by atoms with Gasteiger partial charge in [-0.05, 0) is 45.2 Å². The lowest BCUT2D eigenvalue weighted by Crippen LogP contribution is -2.17. The summed E-state index contributed by atoms with van der Waals surface area (Å²) >= 11 is 0. The van der Waals surface area contributed by atoms with Crippen LogP contribution in [0, 0.1) is 0 Å². The van der Waals surface area contributed by atoms with E-state index in [0.29, 0.717) is 13.2 Å². The van der Waals surface area contributed by atoms with E-state index in [-0.39, 0.29) is 0 Å². The first-order valence-electron chi connectivity index (χ1n) is 6.80. The van der Waals surface area contributed by atoms with E-state index in [4.69, 9.17) is 9.47 Å². The summed E-state index contributed by atoms with van der Waals surface area (Å²) in [5, 5.41) is 3.46. The number of ether oxygens (including phenoxy) is 2. The van der Waals surface area contributed by atoms with Gasteiger partial charge < -0.3 is 14.8 Å². The third-order valence-electron chi connectivity index (χ3n) is 2.59. The van der Waals surface area contributed by atoms with Gasteiger partial charge in [0.25, 0.3) is 0 Å². The summed E-state index contributed by atoms with van der Waals surface area (Å²) in [6, 6.07) is 0. The van der Waals surface area contributed by atoms with Crippen LogP contribution in [0.25, 0.3) is 0 Å². The van der Waals surface area contributed by atoms with E-state index in [2.05, 4.69) is 11.9 Å². The average molecular weight is 243 g/mol. The standard InChI is InChI=1S/C14H29NO2/c1-3-4-5-6-7-10-15-11-8-9-12-17-14-13-16-2/h3,15H,1,4-14H2,2H3. The Kier molecular flexibility index (Phi) is 15.3. The van der Waals surface area contributed by atoms with Crippen LogP contribution in [0.3, 0.4) is 0 Å². The van der Waals surface area contributed by atoms with Crippen LogP contribution in [0.2, 0.25) is 0 Å². The molecule has 1 N–H and O–H groups in total. The topological polar surface area (TPSA) is 30.5 Å². The molecule has 0 radical (unpaired) electrons. The Labute approximate surface area is 107 Å². The quantitative estimate of drug-likeness (QED) is 0.376. The molecule has 0 atom stereocenters. The van der Waals surface area contributed by atoms with Gasteiger partial charge in [-0.3, -0.25) is 0 Å². The molecule has 0 amide bonds. The lowest BCUT2D eigenvalue weighted by Gasteiger charge is -2.05. The van der Waals surface area contributed by atoms with E-state index in [1.165, 1.54) is 25.7 Å². The van der Waals surface area contributed by atoms with Crippen LogP contribution in [-0.4, -0.2) is 40.0 Å². The minimum Gasteiger partial charge on any atom is -0.382 e. The lowest BCUT2D eigenvalue weighted by atomic mass is 10.2. The molecule has 0 unspecified atom stereocenters. The zero-order valence-electron chi connectivity index (χ0n) is 11.4. The van der Waals surface area contributed by atoms with Gasteiger partial charge in [0, 0.05) is 13.7 Å². The van der Waals surface area contributed by atoms with E-state index in [0.717, 1.165) is 32.5 Å². The third kappa shape index (κ3) is 15.6. The van der Waals surface area contributed by atoms with Crippen molar-refractivity contribution in [1.82, 2.24) is 5.32 Å². The molecule has 0 rings (SSSR count). The molecule has 0 heterocycles.